The minimum Gasteiger partial charge on any atom is -0.392 e. The summed E-state index contributed by atoms with van der Waals surface area (Å²) in [5.74, 6) is 0. The van der Waals surface area contributed by atoms with Gasteiger partial charge in [-0.15, -0.1) is 0 Å². The molecule has 0 aromatic rings. The second kappa shape index (κ2) is 34.3. The van der Waals surface area contributed by atoms with Crippen LogP contribution in [0.25, 0.3) is 0 Å². The van der Waals surface area contributed by atoms with E-state index in [1.807, 2.05) is 0 Å². The van der Waals surface area contributed by atoms with Crippen molar-refractivity contribution in [2.75, 3.05) is 46.3 Å². The van der Waals surface area contributed by atoms with E-state index >= 15 is 0 Å². The van der Waals surface area contributed by atoms with Gasteiger partial charge in [-0.25, -0.2) is 0 Å². The number of nitrogens with zero attached hydrogens (tertiary/aromatic N) is 1. The largest absolute Gasteiger partial charge is 0.392 e. The fraction of sp³-hybridized carbons (Fsp3) is 0.784. The third kappa shape index (κ3) is 33.3. The maximum Gasteiger partial charge on any atom is 0.0664 e. The number of aliphatic hydroxyl groups is 2. The molecule has 0 aromatic heterocycles. The Balaban J connectivity index is 3.48. The molecule has 2 unspecified atom stereocenters. The topological polar surface area (TPSA) is 67.8 Å². The average Bonchev–Trinajstić information content (AvgIpc) is 2.98. The van der Waals surface area contributed by atoms with Crippen LogP contribution in [-0.4, -0.2) is 73.6 Å². The molecule has 0 saturated carbocycles. The molecule has 0 saturated heterocycles. The molecule has 4 N–H and O–H groups in total. The summed E-state index contributed by atoms with van der Waals surface area (Å²) < 4.78 is 0. The summed E-state index contributed by atoms with van der Waals surface area (Å²) in [5.41, 5.74) is 0. The van der Waals surface area contributed by atoms with Crippen molar-refractivity contribution in [1.29, 1.82) is 0 Å². The van der Waals surface area contributed by atoms with E-state index in [1.165, 1.54) is 64.2 Å². The molecule has 5 nitrogen and oxygen atoms in total. The standard InChI is InChI=1S/C37H71N3O2/c1-4-6-8-10-12-14-16-18-20-22-24-26-28-36(41)34-38-30-32-40(3)33-31-39-35-37(42)29-27-25-23-21-19-17-15-13-11-9-7-5-2/h10-13,16-19,36-39,41-42H,4-9,14-15,20-35H2,1-3H3/b12-10-,13-11-,18-16-,19-17-. The summed E-state index contributed by atoms with van der Waals surface area (Å²) in [7, 11) is 2.13. The number of hydrogen-bond acceptors (Lipinski definition) is 5. The summed E-state index contributed by atoms with van der Waals surface area (Å²) in [6, 6.07) is 0. The molecule has 0 heterocycles. The number of likely N-dealkylation sites (N-methyl/N-ethyl adjacent to an activating group) is 1. The summed E-state index contributed by atoms with van der Waals surface area (Å²) >= 11 is 0. The molecule has 0 rings (SSSR count). The molecule has 0 aliphatic heterocycles. The molecule has 0 aliphatic rings. The van der Waals surface area contributed by atoms with Gasteiger partial charge in [0.25, 0.3) is 0 Å². The number of hydrogen-bond donors (Lipinski definition) is 4. The fourth-order valence-corrected chi connectivity index (χ4v) is 4.69. The van der Waals surface area contributed by atoms with E-state index in [2.05, 4.69) is 85.0 Å². The van der Waals surface area contributed by atoms with Gasteiger partial charge in [0.15, 0.2) is 0 Å². The second-order valence-electron chi connectivity index (χ2n) is 11.9. The Bertz CT molecular complexity index is 593. The van der Waals surface area contributed by atoms with Crippen LogP contribution >= 0.6 is 0 Å². The van der Waals surface area contributed by atoms with E-state index < -0.39 is 0 Å². The molecule has 42 heavy (non-hydrogen) atoms. The number of unbranched alkanes of at least 4 members (excludes halogenated alkanes) is 10. The van der Waals surface area contributed by atoms with Gasteiger partial charge in [-0.2, -0.15) is 0 Å². The lowest BCUT2D eigenvalue weighted by atomic mass is 10.1. The van der Waals surface area contributed by atoms with E-state index in [9.17, 15) is 10.2 Å². The number of nitrogens with one attached hydrogen (secondary N) is 2. The Morgan fingerprint density at radius 3 is 1.29 bits per heavy atom. The quantitative estimate of drug-likeness (QED) is 0.0471. The van der Waals surface area contributed by atoms with E-state index in [4.69, 9.17) is 0 Å². The lowest BCUT2D eigenvalue weighted by molar-refractivity contribution is 0.155. The first-order valence-corrected chi connectivity index (χ1v) is 17.7. The van der Waals surface area contributed by atoms with E-state index in [1.54, 1.807) is 0 Å². The summed E-state index contributed by atoms with van der Waals surface area (Å²) in [6.45, 7) is 9.51. The first-order valence-electron chi connectivity index (χ1n) is 17.7. The van der Waals surface area contributed by atoms with Crippen molar-refractivity contribution in [3.8, 4) is 0 Å². The van der Waals surface area contributed by atoms with Gasteiger partial charge in [0.05, 0.1) is 12.2 Å². The van der Waals surface area contributed by atoms with Crippen LogP contribution in [0.3, 0.4) is 0 Å². The predicted molar refractivity (Wildman–Crippen MR) is 186 cm³/mol. The highest BCUT2D eigenvalue weighted by molar-refractivity contribution is 4.93. The Labute approximate surface area is 262 Å². The number of rotatable bonds is 32. The highest BCUT2D eigenvalue weighted by atomic mass is 16.3. The summed E-state index contributed by atoms with van der Waals surface area (Å²) in [5, 5.41) is 27.3. The molecule has 246 valence electrons. The number of aliphatic hydroxyl groups excluding tert-OH is 2. The van der Waals surface area contributed by atoms with Gasteiger partial charge in [-0.05, 0) is 71.3 Å². The third-order valence-corrected chi connectivity index (χ3v) is 7.58. The Morgan fingerprint density at radius 2 is 0.905 bits per heavy atom. The zero-order chi connectivity index (χ0) is 30.8. The van der Waals surface area contributed by atoms with Crippen LogP contribution in [0.4, 0.5) is 0 Å². The van der Waals surface area contributed by atoms with Crippen LogP contribution in [0, 0.1) is 0 Å². The molecule has 0 radical (unpaired) electrons. The smallest absolute Gasteiger partial charge is 0.0664 e. The first-order chi connectivity index (χ1) is 20.6. The van der Waals surface area contributed by atoms with E-state index in [-0.39, 0.29) is 12.2 Å². The molecule has 2 atom stereocenters. The van der Waals surface area contributed by atoms with Gasteiger partial charge < -0.3 is 25.7 Å². The van der Waals surface area contributed by atoms with Gasteiger partial charge in [-0.3, -0.25) is 0 Å². The Hall–Kier alpha value is -1.24. The normalized spacial score (nSPS) is 14.0. The summed E-state index contributed by atoms with van der Waals surface area (Å²) in [4.78, 5) is 2.29. The molecule has 0 amide bonds. The van der Waals surface area contributed by atoms with Crippen LogP contribution in [0.5, 0.6) is 0 Å². The van der Waals surface area contributed by atoms with Crippen molar-refractivity contribution < 1.29 is 10.2 Å². The van der Waals surface area contributed by atoms with Crippen LogP contribution in [0.2, 0.25) is 0 Å². The molecular weight excluding hydrogens is 518 g/mol. The van der Waals surface area contributed by atoms with Crippen molar-refractivity contribution in [1.82, 2.24) is 15.5 Å². The fourth-order valence-electron chi connectivity index (χ4n) is 4.69. The molecule has 0 fully saturated rings. The van der Waals surface area contributed by atoms with Crippen molar-refractivity contribution in [3.05, 3.63) is 48.6 Å². The van der Waals surface area contributed by atoms with Gasteiger partial charge in [0.2, 0.25) is 0 Å². The highest BCUT2D eigenvalue weighted by Gasteiger charge is 2.05. The van der Waals surface area contributed by atoms with Gasteiger partial charge in [0.1, 0.15) is 0 Å². The predicted octanol–water partition coefficient (Wildman–Crippen LogP) is 8.11. The van der Waals surface area contributed by atoms with Gasteiger partial charge in [-0.1, -0.05) is 114 Å². The minimum absolute atomic E-state index is 0.249. The molecule has 0 bridgehead atoms. The summed E-state index contributed by atoms with van der Waals surface area (Å²) in [6.07, 6.45) is 38.5. The first kappa shape index (κ1) is 40.8. The van der Waals surface area contributed by atoms with Crippen LogP contribution in [-0.2, 0) is 0 Å². The lowest BCUT2D eigenvalue weighted by Crippen LogP contribution is -2.38. The van der Waals surface area contributed by atoms with Crippen molar-refractivity contribution in [2.24, 2.45) is 0 Å². The highest BCUT2D eigenvalue weighted by Crippen LogP contribution is 2.08. The monoisotopic (exact) mass is 590 g/mol. The van der Waals surface area contributed by atoms with E-state index in [0.717, 1.165) is 77.5 Å². The van der Waals surface area contributed by atoms with Crippen molar-refractivity contribution in [3.63, 3.8) is 0 Å². The lowest BCUT2D eigenvalue weighted by Gasteiger charge is -2.19. The Morgan fingerprint density at radius 1 is 0.524 bits per heavy atom. The SMILES string of the molecule is CCCC/C=C\C/C=C\CCCCCC(O)CNCCN(C)CCNCC(O)CCCCC/C=C\C/C=C\CCCC. The third-order valence-electron chi connectivity index (χ3n) is 7.58. The van der Waals surface area contributed by atoms with Crippen LogP contribution in [0.15, 0.2) is 48.6 Å². The zero-order valence-electron chi connectivity index (χ0n) is 28.1. The molecule has 5 heteroatoms. The maximum absolute atomic E-state index is 10.2. The minimum atomic E-state index is -0.249. The van der Waals surface area contributed by atoms with Crippen LogP contribution < -0.4 is 10.6 Å². The molecular formula is C37H71N3O2. The maximum atomic E-state index is 10.2. The van der Waals surface area contributed by atoms with Crippen molar-refractivity contribution in [2.45, 2.75) is 142 Å². The molecule has 0 aromatic carbocycles. The Kier molecular flexibility index (Phi) is 33.2. The molecule has 0 spiro atoms. The van der Waals surface area contributed by atoms with Gasteiger partial charge in [0, 0.05) is 39.3 Å². The average molecular weight is 590 g/mol. The van der Waals surface area contributed by atoms with Crippen LogP contribution in [0.1, 0.15) is 129 Å². The van der Waals surface area contributed by atoms with Crippen molar-refractivity contribution >= 4 is 0 Å². The van der Waals surface area contributed by atoms with Gasteiger partial charge >= 0.3 is 0 Å². The zero-order valence-corrected chi connectivity index (χ0v) is 28.1. The second-order valence-corrected chi connectivity index (χ2v) is 11.9. The number of allylic oxidation sites excluding steroid dienone is 8. The molecule has 0 aliphatic carbocycles. The van der Waals surface area contributed by atoms with E-state index in [0.29, 0.717) is 13.1 Å².